The highest BCUT2D eigenvalue weighted by Gasteiger charge is 2.23. The van der Waals surface area contributed by atoms with Crippen LogP contribution >= 0.6 is 0 Å². The minimum absolute atomic E-state index is 0.108. The van der Waals surface area contributed by atoms with Crippen molar-refractivity contribution in [3.63, 3.8) is 0 Å². The lowest BCUT2D eigenvalue weighted by Gasteiger charge is -2.30. The Morgan fingerprint density at radius 3 is 1.54 bits per heavy atom. The smallest absolute Gasteiger partial charge is 0.0541 e. The standard InChI is InChI=1S/C76H80N2/c1-9-11-12-14-22-62-51-70-60(52-74(62)77(65-42-33-56(34-43-65)54-27-25-53(19-10-2)26-28-54)66-44-35-57(36-45-66)55-29-38-63(39-30-55)75(3,4)5)21-16-13-15-20-59-49-67(46-47-68(59)58-31-40-64(41-32-58)76(6,7)8)78-72-24-18-17-23-69(72)71-50-61(70)37-48-73(71)78/h17-18,23-52H,9-16,19-22H2,1-8H3. The van der Waals surface area contributed by atoms with Gasteiger partial charge in [-0.3, -0.25) is 0 Å². The minimum atomic E-state index is 0.108. The molecule has 0 fully saturated rings. The normalized spacial score (nSPS) is 13.0. The molecule has 0 amide bonds. The van der Waals surface area contributed by atoms with Crippen LogP contribution in [0.25, 0.3) is 72.0 Å². The summed E-state index contributed by atoms with van der Waals surface area (Å²) in [4.78, 5) is 2.57. The highest BCUT2D eigenvalue weighted by atomic mass is 15.1. The summed E-state index contributed by atoms with van der Waals surface area (Å²) in [6, 6.07) is 75.3. The maximum Gasteiger partial charge on any atom is 0.0541 e. The monoisotopic (exact) mass is 1020 g/mol. The molecule has 2 heteroatoms. The van der Waals surface area contributed by atoms with Gasteiger partial charge in [0.25, 0.3) is 0 Å². The van der Waals surface area contributed by atoms with Crippen molar-refractivity contribution in [2.24, 2.45) is 0 Å². The molecular formula is C76H80N2. The summed E-state index contributed by atoms with van der Waals surface area (Å²) >= 11 is 0. The van der Waals surface area contributed by atoms with E-state index in [0.29, 0.717) is 0 Å². The van der Waals surface area contributed by atoms with E-state index in [-0.39, 0.29) is 10.8 Å². The molecule has 2 aliphatic rings. The Kier molecular flexibility index (Phi) is 15.2. The van der Waals surface area contributed by atoms with Crippen molar-refractivity contribution >= 4 is 38.9 Å². The van der Waals surface area contributed by atoms with Crippen molar-refractivity contribution in [3.05, 3.63) is 228 Å². The van der Waals surface area contributed by atoms with Gasteiger partial charge in [-0.05, 0) is 200 Å². The van der Waals surface area contributed by atoms with E-state index < -0.39 is 0 Å². The van der Waals surface area contributed by atoms with E-state index in [1.54, 1.807) is 0 Å². The molecule has 0 N–H and O–H groups in total. The van der Waals surface area contributed by atoms with Gasteiger partial charge in [0.05, 0.1) is 11.0 Å². The molecule has 0 unspecified atom stereocenters. The number of hydrogen-bond donors (Lipinski definition) is 0. The van der Waals surface area contributed by atoms with Crippen molar-refractivity contribution in [2.45, 2.75) is 143 Å². The summed E-state index contributed by atoms with van der Waals surface area (Å²) in [7, 11) is 0. The van der Waals surface area contributed by atoms with Crippen LogP contribution in [0.2, 0.25) is 0 Å². The van der Waals surface area contributed by atoms with E-state index in [4.69, 9.17) is 0 Å². The zero-order chi connectivity index (χ0) is 54.0. The quantitative estimate of drug-likeness (QED) is 0.105. The third-order valence-electron chi connectivity index (χ3n) is 16.8. The molecule has 0 saturated carbocycles. The first-order valence-corrected chi connectivity index (χ1v) is 29.5. The van der Waals surface area contributed by atoms with E-state index in [0.717, 1.165) is 57.8 Å². The van der Waals surface area contributed by atoms with Crippen LogP contribution in [0.5, 0.6) is 0 Å². The Labute approximate surface area is 466 Å². The van der Waals surface area contributed by atoms with Gasteiger partial charge in [-0.2, -0.15) is 0 Å². The summed E-state index contributed by atoms with van der Waals surface area (Å²) < 4.78 is 2.52. The predicted molar refractivity (Wildman–Crippen MR) is 338 cm³/mol. The Morgan fingerprint density at radius 1 is 0.410 bits per heavy atom. The number of rotatable bonds is 13. The molecule has 2 nitrogen and oxygen atoms in total. The third-order valence-corrected chi connectivity index (χ3v) is 16.8. The van der Waals surface area contributed by atoms with Crippen molar-refractivity contribution in [3.8, 4) is 50.2 Å². The number of unbranched alkanes of at least 4 members (excludes halogenated alkanes) is 3. The first-order valence-electron chi connectivity index (χ1n) is 29.5. The van der Waals surface area contributed by atoms with Crippen molar-refractivity contribution < 1.29 is 0 Å². The number of para-hydroxylation sites is 1. The maximum atomic E-state index is 2.61. The Balaban J connectivity index is 1.05. The molecule has 6 bridgehead atoms. The summed E-state index contributed by atoms with van der Waals surface area (Å²) in [5.41, 5.74) is 26.2. The lowest BCUT2D eigenvalue weighted by Crippen LogP contribution is -2.13. The van der Waals surface area contributed by atoms with E-state index >= 15 is 0 Å². The van der Waals surface area contributed by atoms with Crippen molar-refractivity contribution in [2.75, 3.05) is 4.90 Å². The van der Waals surface area contributed by atoms with Gasteiger partial charge >= 0.3 is 0 Å². The molecular weight excluding hydrogens is 941 g/mol. The average Bonchev–Trinajstić information content (AvgIpc) is 3.97. The summed E-state index contributed by atoms with van der Waals surface area (Å²) in [6.07, 6.45) is 13.5. The van der Waals surface area contributed by atoms with E-state index in [2.05, 4.69) is 259 Å². The van der Waals surface area contributed by atoms with Gasteiger partial charge < -0.3 is 9.47 Å². The Hall–Kier alpha value is -7.42. The van der Waals surface area contributed by atoms with Gasteiger partial charge in [0.1, 0.15) is 0 Å². The summed E-state index contributed by atoms with van der Waals surface area (Å²) in [5, 5.41) is 2.60. The van der Waals surface area contributed by atoms with Gasteiger partial charge in [0, 0.05) is 33.5 Å². The molecule has 0 atom stereocenters. The first kappa shape index (κ1) is 52.6. The zero-order valence-electron chi connectivity index (χ0n) is 47.9. The second kappa shape index (κ2) is 22.5. The van der Waals surface area contributed by atoms with Crippen molar-refractivity contribution in [1.82, 2.24) is 4.57 Å². The van der Waals surface area contributed by atoms with E-state index in [1.165, 1.54) is 142 Å². The third kappa shape index (κ3) is 11.0. The van der Waals surface area contributed by atoms with E-state index in [9.17, 15) is 0 Å². The molecule has 0 aliphatic carbocycles. The molecule has 0 saturated heterocycles. The first-order chi connectivity index (χ1) is 37.8. The number of aromatic nitrogens is 1. The largest absolute Gasteiger partial charge is 0.310 e. The molecule has 3 heterocycles. The van der Waals surface area contributed by atoms with Crippen LogP contribution in [0.4, 0.5) is 17.1 Å². The molecule has 0 radical (unpaired) electrons. The highest BCUT2D eigenvalue weighted by Crippen LogP contribution is 2.44. The van der Waals surface area contributed by atoms with Crippen molar-refractivity contribution in [1.29, 1.82) is 0 Å². The van der Waals surface area contributed by atoms with Crippen LogP contribution in [0.3, 0.4) is 0 Å². The molecule has 2 aliphatic heterocycles. The summed E-state index contributed by atoms with van der Waals surface area (Å²) in [5.74, 6) is 0. The number of hydrogen-bond acceptors (Lipinski definition) is 1. The van der Waals surface area contributed by atoms with Gasteiger partial charge in [-0.1, -0.05) is 215 Å². The SMILES string of the molecule is CCCCCCc1cc2c(cc1N(c1ccc(-c3ccc(CCC)cc3)cc1)c1ccc(-c3ccc(C(C)(C)C)cc3)cc1)CCCCCc1cc(ccc1-c1ccc(C(C)(C)C)cc1)-n1c3ccccc3c3cc-2ccc31. The lowest BCUT2D eigenvalue weighted by atomic mass is 9.85. The van der Waals surface area contributed by atoms with Gasteiger partial charge in [-0.25, -0.2) is 0 Å². The fourth-order valence-corrected chi connectivity index (χ4v) is 12.2. The number of aryl methyl sites for hydroxylation is 4. The van der Waals surface area contributed by atoms with Gasteiger partial charge in [0.15, 0.2) is 0 Å². The fraction of sp³-hybridized carbons (Fsp3) is 0.289. The number of anilines is 3. The predicted octanol–water partition coefficient (Wildman–Crippen LogP) is 21.9. The minimum Gasteiger partial charge on any atom is -0.310 e. The number of fused-ring (bicyclic) bond motifs is 6. The Morgan fingerprint density at radius 2 is 0.949 bits per heavy atom. The van der Waals surface area contributed by atoms with Gasteiger partial charge in [-0.15, -0.1) is 0 Å². The molecule has 0 spiro atoms. The number of benzene rings is 9. The molecule has 12 rings (SSSR count). The van der Waals surface area contributed by atoms with Crippen LogP contribution < -0.4 is 4.90 Å². The molecule has 394 valence electrons. The maximum absolute atomic E-state index is 2.61. The lowest BCUT2D eigenvalue weighted by molar-refractivity contribution is 0.590. The zero-order valence-corrected chi connectivity index (χ0v) is 47.9. The fourth-order valence-electron chi connectivity index (χ4n) is 12.2. The Bertz CT molecular complexity index is 3670. The van der Waals surface area contributed by atoms with Gasteiger partial charge in [0.2, 0.25) is 0 Å². The second-order valence-corrected chi connectivity index (χ2v) is 24.5. The second-order valence-electron chi connectivity index (χ2n) is 24.5. The highest BCUT2D eigenvalue weighted by molar-refractivity contribution is 6.10. The molecule has 1 aromatic heterocycles. The van der Waals surface area contributed by atoms with Crippen LogP contribution in [-0.4, -0.2) is 4.57 Å². The molecule has 10 aromatic rings. The van der Waals surface area contributed by atoms with Crippen LogP contribution in [0, 0.1) is 0 Å². The molecule has 78 heavy (non-hydrogen) atoms. The van der Waals surface area contributed by atoms with Crippen LogP contribution in [0.1, 0.15) is 140 Å². The van der Waals surface area contributed by atoms with E-state index in [1.807, 2.05) is 0 Å². The average molecular weight is 1020 g/mol. The van der Waals surface area contributed by atoms with Crippen LogP contribution in [-0.2, 0) is 36.5 Å². The topological polar surface area (TPSA) is 8.17 Å². The summed E-state index contributed by atoms with van der Waals surface area (Å²) in [6.45, 7) is 18.3. The molecule has 9 aromatic carbocycles. The number of nitrogens with zero attached hydrogens (tertiary/aromatic N) is 2. The van der Waals surface area contributed by atoms with Crippen LogP contribution in [0.15, 0.2) is 194 Å².